The Morgan fingerprint density at radius 3 is 2.00 bits per heavy atom. The Balaban J connectivity index is 1.05. The molecular formula is C46H43N5O6S. The molecule has 0 spiro atoms. The van der Waals surface area contributed by atoms with Gasteiger partial charge in [0.2, 0.25) is 0 Å². The second-order valence-electron chi connectivity index (χ2n) is 14.5. The summed E-state index contributed by atoms with van der Waals surface area (Å²) >= 11 is 5.70. The average molecular weight is 794 g/mol. The molecule has 1 aliphatic carbocycles. The van der Waals surface area contributed by atoms with Gasteiger partial charge in [-0.1, -0.05) is 121 Å². The Morgan fingerprint density at radius 2 is 1.40 bits per heavy atom. The fourth-order valence-corrected chi connectivity index (χ4v) is 8.49. The van der Waals surface area contributed by atoms with Crippen molar-refractivity contribution in [3.05, 3.63) is 194 Å². The number of ether oxygens (including phenoxy) is 3. The molecule has 11 nitrogen and oxygen atoms in total. The third kappa shape index (κ3) is 7.57. The molecule has 2 aliphatic rings. The number of aryl methyl sites for hydroxylation is 1. The van der Waals surface area contributed by atoms with Crippen LogP contribution in [0.2, 0.25) is 0 Å². The van der Waals surface area contributed by atoms with Gasteiger partial charge in [0.05, 0.1) is 24.8 Å². The van der Waals surface area contributed by atoms with Crippen molar-refractivity contribution in [2.75, 3.05) is 20.3 Å². The van der Waals surface area contributed by atoms with Gasteiger partial charge in [0, 0.05) is 30.6 Å². The second kappa shape index (κ2) is 16.6. The molecule has 294 valence electrons. The van der Waals surface area contributed by atoms with Crippen molar-refractivity contribution >= 4 is 23.4 Å². The average Bonchev–Trinajstić information content (AvgIpc) is 3.80. The Morgan fingerprint density at radius 1 is 0.828 bits per heavy atom. The predicted octanol–water partition coefficient (Wildman–Crippen LogP) is 6.50. The molecule has 4 N–H and O–H groups in total. The zero-order valence-corrected chi connectivity index (χ0v) is 32.8. The van der Waals surface area contributed by atoms with E-state index < -0.39 is 41.3 Å². The van der Waals surface area contributed by atoms with Crippen LogP contribution >= 0.6 is 12.2 Å². The van der Waals surface area contributed by atoms with Crippen LogP contribution in [0, 0.1) is 6.92 Å². The molecule has 1 saturated heterocycles. The number of H-pyrrole nitrogens is 1. The minimum Gasteiger partial charge on any atom is -0.497 e. The molecule has 0 unspecified atom stereocenters. The molecule has 0 radical (unpaired) electrons. The molecule has 3 atom stereocenters. The number of aromatic nitrogens is 2. The highest BCUT2D eigenvalue weighted by Gasteiger charge is 2.42. The monoisotopic (exact) mass is 793 g/mol. The Kier molecular flexibility index (Phi) is 11.1. The highest BCUT2D eigenvalue weighted by molar-refractivity contribution is 7.80. The first kappa shape index (κ1) is 38.5. The molecular weight excluding hydrogens is 751 g/mol. The maximum absolute atomic E-state index is 13.3. The van der Waals surface area contributed by atoms with Crippen molar-refractivity contribution < 1.29 is 19.0 Å². The van der Waals surface area contributed by atoms with Gasteiger partial charge in [-0.3, -0.25) is 25.0 Å². The van der Waals surface area contributed by atoms with Gasteiger partial charge >= 0.3 is 11.8 Å². The minimum absolute atomic E-state index is 0.0500. The first-order valence-corrected chi connectivity index (χ1v) is 19.6. The molecule has 2 heterocycles. The van der Waals surface area contributed by atoms with E-state index in [4.69, 9.17) is 26.4 Å². The molecule has 5 aromatic carbocycles. The van der Waals surface area contributed by atoms with Crippen molar-refractivity contribution in [3.8, 4) is 16.9 Å². The smallest absolute Gasteiger partial charge is 0.413 e. The van der Waals surface area contributed by atoms with Crippen molar-refractivity contribution in [3.63, 3.8) is 0 Å². The number of methoxy groups -OCH3 is 1. The molecule has 0 saturated carbocycles. The van der Waals surface area contributed by atoms with Gasteiger partial charge in [-0.25, -0.2) is 9.59 Å². The molecule has 1 aromatic heterocycles. The molecule has 58 heavy (non-hydrogen) atoms. The van der Waals surface area contributed by atoms with Crippen LogP contribution < -0.4 is 31.9 Å². The van der Waals surface area contributed by atoms with E-state index in [-0.39, 0.29) is 30.6 Å². The number of carbonyl (C=O) groups excluding carboxylic acids is 1. The molecule has 0 bridgehead atoms. The Hall–Kier alpha value is -6.34. The van der Waals surface area contributed by atoms with Gasteiger partial charge in [0.15, 0.2) is 5.11 Å². The van der Waals surface area contributed by atoms with Crippen LogP contribution in [0.4, 0.5) is 4.79 Å². The normalized spacial score (nSPS) is 17.2. The van der Waals surface area contributed by atoms with Gasteiger partial charge in [-0.2, -0.15) is 0 Å². The lowest BCUT2D eigenvalue weighted by Gasteiger charge is -2.38. The summed E-state index contributed by atoms with van der Waals surface area (Å²) in [6.45, 7) is 2.04. The topological polar surface area (TPSA) is 136 Å². The number of fused-ring (bicyclic) bond motifs is 3. The van der Waals surface area contributed by atoms with E-state index in [9.17, 15) is 14.4 Å². The fraction of sp³-hybridized carbons (Fsp3) is 0.217. The standard InChI is InChI=1S/C46H43N5O6S/c1-29-27-51(44(53)49-42(29)52)41-25-39(48-43(58)50-45(54)56-28-38-36-19-11-9-17-34(36)35-18-10-12-20-37(35)38)40(57-41)26-47-46(30-13-5-3-6-14-30,31-15-7-4-8-16-31)32-21-23-33(55-2)24-22-32/h3-24,27,38-41,47H,25-26,28H2,1-2H3,(H,49,52,53)(H2,48,50,54,58)/t39-,40+,41+/m0/s1. The van der Waals surface area contributed by atoms with Crippen LogP contribution in [0.3, 0.4) is 0 Å². The lowest BCUT2D eigenvalue weighted by atomic mass is 9.76. The number of thiocarbonyl (C=S) groups is 1. The zero-order valence-electron chi connectivity index (χ0n) is 32.0. The number of nitrogens with one attached hydrogen (secondary N) is 4. The van der Waals surface area contributed by atoms with E-state index >= 15 is 0 Å². The summed E-state index contributed by atoms with van der Waals surface area (Å²) < 4.78 is 19.3. The highest BCUT2D eigenvalue weighted by Crippen LogP contribution is 2.44. The first-order chi connectivity index (χ1) is 28.2. The maximum atomic E-state index is 13.3. The van der Waals surface area contributed by atoms with Crippen molar-refractivity contribution in [2.45, 2.75) is 43.2 Å². The van der Waals surface area contributed by atoms with Gasteiger partial charge in [-0.15, -0.1) is 0 Å². The van der Waals surface area contributed by atoms with Crippen molar-refractivity contribution in [1.29, 1.82) is 0 Å². The minimum atomic E-state index is -0.855. The molecule has 1 aliphatic heterocycles. The predicted molar refractivity (Wildman–Crippen MR) is 226 cm³/mol. The SMILES string of the molecule is COc1ccc(C(NC[C@H]2O[C@@H](n3cc(C)c(=O)[nH]c3=O)C[C@@H]2NC(=S)NC(=O)OCC2c3ccccc3-c3ccccc32)(c2ccccc2)c2ccccc2)cc1. The van der Waals surface area contributed by atoms with E-state index in [0.29, 0.717) is 5.56 Å². The summed E-state index contributed by atoms with van der Waals surface area (Å²) in [6, 6.07) is 44.0. The number of aromatic amines is 1. The number of nitrogens with zero attached hydrogens (tertiary/aromatic N) is 1. The molecule has 6 aromatic rings. The summed E-state index contributed by atoms with van der Waals surface area (Å²) in [5.74, 6) is 0.613. The van der Waals surface area contributed by atoms with Gasteiger partial charge in [0.1, 0.15) is 18.6 Å². The van der Waals surface area contributed by atoms with Gasteiger partial charge in [-0.05, 0) is 70.2 Å². The van der Waals surface area contributed by atoms with Crippen LogP contribution in [0.5, 0.6) is 5.75 Å². The van der Waals surface area contributed by atoms with E-state index in [1.54, 1.807) is 14.0 Å². The highest BCUT2D eigenvalue weighted by atomic mass is 32.1. The number of benzene rings is 5. The van der Waals surface area contributed by atoms with E-state index in [2.05, 4.69) is 69.5 Å². The maximum Gasteiger partial charge on any atom is 0.413 e. The number of alkyl carbamates (subject to hydrolysis) is 1. The lowest BCUT2D eigenvalue weighted by Crippen LogP contribution is -2.53. The van der Waals surface area contributed by atoms with Gasteiger partial charge < -0.3 is 19.5 Å². The Bertz CT molecular complexity index is 2460. The molecule has 12 heteroatoms. The Labute approximate surface area is 341 Å². The molecule has 1 fully saturated rings. The van der Waals surface area contributed by atoms with Crippen LogP contribution in [0.25, 0.3) is 11.1 Å². The molecule has 8 rings (SSSR count). The number of carbonyl (C=O) groups is 1. The third-order valence-corrected chi connectivity index (χ3v) is 11.3. The van der Waals surface area contributed by atoms with Crippen LogP contribution in [0.1, 0.15) is 51.9 Å². The van der Waals surface area contributed by atoms with Crippen LogP contribution in [-0.2, 0) is 15.0 Å². The van der Waals surface area contributed by atoms with E-state index in [0.717, 1.165) is 44.7 Å². The van der Waals surface area contributed by atoms with Crippen LogP contribution in [-0.4, -0.2) is 53.2 Å². The first-order valence-electron chi connectivity index (χ1n) is 19.2. The second-order valence-corrected chi connectivity index (χ2v) is 14.9. The summed E-state index contributed by atoms with van der Waals surface area (Å²) in [4.78, 5) is 41.0. The van der Waals surface area contributed by atoms with E-state index in [1.807, 2.05) is 84.9 Å². The number of hydrogen-bond donors (Lipinski definition) is 4. The number of hydrogen-bond acceptors (Lipinski definition) is 8. The quantitative estimate of drug-likeness (QED) is 0.0857. The summed E-state index contributed by atoms with van der Waals surface area (Å²) in [6.07, 6.45) is -0.244. The summed E-state index contributed by atoms with van der Waals surface area (Å²) in [7, 11) is 1.64. The fourth-order valence-electron chi connectivity index (χ4n) is 8.25. The van der Waals surface area contributed by atoms with Gasteiger partial charge in [0.25, 0.3) is 5.56 Å². The van der Waals surface area contributed by atoms with Crippen LogP contribution in [0.15, 0.2) is 149 Å². The zero-order chi connectivity index (χ0) is 40.2. The summed E-state index contributed by atoms with van der Waals surface area (Å²) in [5.41, 5.74) is 5.88. The largest absolute Gasteiger partial charge is 0.497 e. The lowest BCUT2D eigenvalue weighted by molar-refractivity contribution is -0.00484. The summed E-state index contributed by atoms with van der Waals surface area (Å²) in [5, 5.41) is 9.91. The van der Waals surface area contributed by atoms with Crippen molar-refractivity contribution in [1.82, 2.24) is 25.5 Å². The third-order valence-electron chi connectivity index (χ3n) is 11.1. The molecule has 1 amide bonds. The van der Waals surface area contributed by atoms with E-state index in [1.165, 1.54) is 10.8 Å². The van der Waals surface area contributed by atoms with Crippen molar-refractivity contribution in [2.24, 2.45) is 0 Å². The number of amides is 1. The number of rotatable bonds is 11.